The van der Waals surface area contributed by atoms with E-state index in [1.165, 1.54) is 23.5 Å². The molecule has 0 N–H and O–H groups in total. The maximum atomic E-state index is 10.7. The summed E-state index contributed by atoms with van der Waals surface area (Å²) >= 11 is 1.45. The van der Waals surface area contributed by atoms with Crippen LogP contribution in [0.1, 0.15) is 30.2 Å². The molecule has 0 saturated carbocycles. The highest BCUT2D eigenvalue weighted by Crippen LogP contribution is 2.18. The van der Waals surface area contributed by atoms with Crippen LogP contribution in [0.3, 0.4) is 0 Å². The molecule has 2 heterocycles. The third kappa shape index (κ3) is 3.89. The van der Waals surface area contributed by atoms with E-state index in [4.69, 9.17) is 0 Å². The van der Waals surface area contributed by atoms with E-state index in [-0.39, 0.29) is 5.69 Å². The van der Waals surface area contributed by atoms with Gasteiger partial charge in [0.1, 0.15) is 5.01 Å². The van der Waals surface area contributed by atoms with E-state index >= 15 is 0 Å². The van der Waals surface area contributed by atoms with Gasteiger partial charge in [0.15, 0.2) is 5.82 Å². The number of non-ortho nitro benzene ring substituents is 1. The zero-order chi connectivity index (χ0) is 17.8. The minimum Gasteiger partial charge on any atom is -0.296 e. The highest BCUT2D eigenvalue weighted by atomic mass is 32.1. The molecule has 0 unspecified atom stereocenters. The van der Waals surface area contributed by atoms with Crippen LogP contribution in [0.25, 0.3) is 17.1 Å². The van der Waals surface area contributed by atoms with Gasteiger partial charge in [-0.25, -0.2) is 0 Å². The van der Waals surface area contributed by atoms with E-state index in [1.54, 1.807) is 16.6 Å². The number of aromatic nitrogens is 4. The van der Waals surface area contributed by atoms with Crippen LogP contribution in [-0.2, 0) is 6.54 Å². The standard InChI is InChI=1S/C16H18N6O2S/c1-3-20(4-2)11-14-17-18-16-21(14)19-15(25-16)10-7-12-5-8-13(9-6-12)22(23)24/h5-10H,3-4,11H2,1-2H3/b10-7+. The molecule has 0 aliphatic rings. The first kappa shape index (κ1) is 17.2. The van der Waals surface area contributed by atoms with E-state index in [0.29, 0.717) is 6.54 Å². The average Bonchev–Trinajstić information content (AvgIpc) is 3.19. The van der Waals surface area contributed by atoms with Gasteiger partial charge in [-0.05, 0) is 36.9 Å². The lowest BCUT2D eigenvalue weighted by molar-refractivity contribution is -0.384. The summed E-state index contributed by atoms with van der Waals surface area (Å²) in [5.74, 6) is 0.824. The Bertz CT molecular complexity index is 895. The second-order valence-electron chi connectivity index (χ2n) is 5.39. The molecule has 0 atom stereocenters. The fraction of sp³-hybridized carbons (Fsp3) is 0.312. The molecular weight excluding hydrogens is 340 g/mol. The average molecular weight is 358 g/mol. The summed E-state index contributed by atoms with van der Waals surface area (Å²) in [4.78, 5) is 13.3. The normalized spacial score (nSPS) is 11.8. The zero-order valence-electron chi connectivity index (χ0n) is 14.0. The van der Waals surface area contributed by atoms with Crippen molar-refractivity contribution in [2.24, 2.45) is 0 Å². The SMILES string of the molecule is CCN(CC)Cc1nnc2sc(/C=C/c3ccc([N+](=O)[O-])cc3)nn12. The summed E-state index contributed by atoms with van der Waals surface area (Å²) in [7, 11) is 0. The first-order valence-electron chi connectivity index (χ1n) is 7.96. The van der Waals surface area contributed by atoms with Gasteiger partial charge in [0.2, 0.25) is 4.96 Å². The number of nitro groups is 1. The van der Waals surface area contributed by atoms with Crippen molar-refractivity contribution in [2.45, 2.75) is 20.4 Å². The van der Waals surface area contributed by atoms with E-state index in [2.05, 4.69) is 34.0 Å². The molecule has 0 saturated heterocycles. The third-order valence-corrected chi connectivity index (χ3v) is 4.72. The van der Waals surface area contributed by atoms with E-state index in [9.17, 15) is 10.1 Å². The lowest BCUT2D eigenvalue weighted by atomic mass is 10.2. The smallest absolute Gasteiger partial charge is 0.269 e. The lowest BCUT2D eigenvalue weighted by Gasteiger charge is -2.15. The van der Waals surface area contributed by atoms with Crippen molar-refractivity contribution in [1.29, 1.82) is 0 Å². The van der Waals surface area contributed by atoms with E-state index in [0.717, 1.165) is 34.4 Å². The Balaban J connectivity index is 1.77. The minimum absolute atomic E-state index is 0.0805. The molecule has 0 aliphatic carbocycles. The minimum atomic E-state index is -0.409. The van der Waals surface area contributed by atoms with Crippen molar-refractivity contribution >= 4 is 34.1 Å². The second-order valence-corrected chi connectivity index (χ2v) is 6.38. The highest BCUT2D eigenvalue weighted by molar-refractivity contribution is 7.17. The van der Waals surface area contributed by atoms with Gasteiger partial charge in [0, 0.05) is 12.1 Å². The maximum Gasteiger partial charge on any atom is 0.269 e. The van der Waals surface area contributed by atoms with Gasteiger partial charge < -0.3 is 0 Å². The van der Waals surface area contributed by atoms with Crippen molar-refractivity contribution in [3.8, 4) is 0 Å². The molecule has 8 nitrogen and oxygen atoms in total. The molecule has 130 valence electrons. The Morgan fingerprint density at radius 2 is 1.92 bits per heavy atom. The molecule has 0 radical (unpaired) electrons. The molecule has 0 bridgehead atoms. The first-order chi connectivity index (χ1) is 12.1. The molecule has 3 rings (SSSR count). The van der Waals surface area contributed by atoms with Crippen LogP contribution >= 0.6 is 11.3 Å². The van der Waals surface area contributed by atoms with Crippen molar-refractivity contribution < 1.29 is 4.92 Å². The van der Waals surface area contributed by atoms with Crippen LogP contribution in [0.15, 0.2) is 24.3 Å². The predicted octanol–water partition coefficient (Wildman–Crippen LogP) is 3.11. The summed E-state index contributed by atoms with van der Waals surface area (Å²) in [5.41, 5.74) is 0.955. The summed E-state index contributed by atoms with van der Waals surface area (Å²) in [5, 5.41) is 24.4. The lowest BCUT2D eigenvalue weighted by Crippen LogP contribution is -2.23. The largest absolute Gasteiger partial charge is 0.296 e. The van der Waals surface area contributed by atoms with Crippen molar-refractivity contribution in [1.82, 2.24) is 24.7 Å². The number of rotatable bonds is 7. The Hall–Kier alpha value is -2.65. The number of hydrogen-bond acceptors (Lipinski definition) is 7. The van der Waals surface area contributed by atoms with Crippen LogP contribution in [0.4, 0.5) is 5.69 Å². The predicted molar refractivity (Wildman–Crippen MR) is 97.3 cm³/mol. The topological polar surface area (TPSA) is 89.5 Å². The van der Waals surface area contributed by atoms with Gasteiger partial charge in [-0.3, -0.25) is 15.0 Å². The number of nitro benzene ring substituents is 1. The monoisotopic (exact) mass is 358 g/mol. The van der Waals surface area contributed by atoms with Crippen LogP contribution < -0.4 is 0 Å². The summed E-state index contributed by atoms with van der Waals surface area (Å²) < 4.78 is 1.78. The van der Waals surface area contributed by atoms with Gasteiger partial charge in [-0.2, -0.15) is 9.61 Å². The Morgan fingerprint density at radius 3 is 2.56 bits per heavy atom. The van der Waals surface area contributed by atoms with Crippen LogP contribution in [0.5, 0.6) is 0 Å². The van der Waals surface area contributed by atoms with E-state index < -0.39 is 4.92 Å². The van der Waals surface area contributed by atoms with Gasteiger partial charge in [-0.1, -0.05) is 31.3 Å². The molecule has 9 heteroatoms. The van der Waals surface area contributed by atoms with Crippen molar-refractivity contribution in [3.05, 3.63) is 50.8 Å². The second kappa shape index (κ2) is 7.49. The van der Waals surface area contributed by atoms with Crippen LogP contribution in [-0.4, -0.2) is 42.7 Å². The molecule has 0 amide bonds. The summed E-state index contributed by atoms with van der Waals surface area (Å²) in [6.07, 6.45) is 3.75. The van der Waals surface area contributed by atoms with Gasteiger partial charge in [0.25, 0.3) is 5.69 Å². The van der Waals surface area contributed by atoms with Gasteiger partial charge in [0.05, 0.1) is 11.5 Å². The third-order valence-electron chi connectivity index (χ3n) is 3.85. The molecule has 0 fully saturated rings. The van der Waals surface area contributed by atoms with Gasteiger partial charge >= 0.3 is 0 Å². The Labute approximate surface area is 148 Å². The fourth-order valence-electron chi connectivity index (χ4n) is 2.36. The first-order valence-corrected chi connectivity index (χ1v) is 8.78. The number of nitrogens with zero attached hydrogens (tertiary/aromatic N) is 6. The number of hydrogen-bond donors (Lipinski definition) is 0. The van der Waals surface area contributed by atoms with Crippen LogP contribution in [0.2, 0.25) is 0 Å². The Kier molecular flexibility index (Phi) is 5.15. The summed E-state index contributed by atoms with van der Waals surface area (Å²) in [6.45, 7) is 6.83. The molecule has 2 aromatic heterocycles. The van der Waals surface area contributed by atoms with Crippen molar-refractivity contribution in [2.75, 3.05) is 13.1 Å². The van der Waals surface area contributed by atoms with Crippen LogP contribution in [0, 0.1) is 10.1 Å². The summed E-state index contributed by atoms with van der Waals surface area (Å²) in [6, 6.07) is 6.39. The quantitative estimate of drug-likeness (QED) is 0.476. The molecule has 25 heavy (non-hydrogen) atoms. The Morgan fingerprint density at radius 1 is 1.20 bits per heavy atom. The van der Waals surface area contributed by atoms with Crippen molar-refractivity contribution in [3.63, 3.8) is 0 Å². The van der Waals surface area contributed by atoms with Gasteiger partial charge in [-0.15, -0.1) is 10.2 Å². The molecule has 1 aromatic carbocycles. The fourth-order valence-corrected chi connectivity index (χ4v) is 3.12. The molecule has 0 spiro atoms. The zero-order valence-corrected chi connectivity index (χ0v) is 14.8. The maximum absolute atomic E-state index is 10.7. The van der Waals surface area contributed by atoms with E-state index in [1.807, 2.05) is 12.2 Å². The number of benzene rings is 1. The molecular formula is C16H18N6O2S. The number of fused-ring (bicyclic) bond motifs is 1. The molecule has 0 aliphatic heterocycles. The highest BCUT2D eigenvalue weighted by Gasteiger charge is 2.12. The molecule has 3 aromatic rings.